The first-order valence-corrected chi connectivity index (χ1v) is 6.43. The van der Waals surface area contributed by atoms with Crippen LogP contribution in [0.3, 0.4) is 0 Å². The third kappa shape index (κ3) is 3.82. The van der Waals surface area contributed by atoms with Gasteiger partial charge in [-0.05, 0) is 36.6 Å². The molecule has 4 heteroatoms. The molecule has 1 amide bonds. The monoisotopic (exact) mass is 299 g/mol. The summed E-state index contributed by atoms with van der Waals surface area (Å²) in [5.74, 6) is 0.0637. The van der Waals surface area contributed by atoms with Crippen molar-refractivity contribution in [3.8, 4) is 0 Å². The summed E-state index contributed by atoms with van der Waals surface area (Å²) >= 11 is 3.39. The number of hydrogen-bond donors (Lipinski definition) is 2. The van der Waals surface area contributed by atoms with Crippen LogP contribution in [0.2, 0.25) is 0 Å². The Morgan fingerprint density at radius 2 is 2.12 bits per heavy atom. The van der Waals surface area contributed by atoms with Crippen molar-refractivity contribution in [1.29, 1.82) is 0 Å². The highest BCUT2D eigenvalue weighted by molar-refractivity contribution is 9.10. The van der Waals surface area contributed by atoms with E-state index in [1.165, 1.54) is 0 Å². The molecular formula is C13H18BrNO2. The molecule has 0 bridgehead atoms. The molecule has 0 aliphatic heterocycles. The van der Waals surface area contributed by atoms with Crippen LogP contribution < -0.4 is 5.32 Å². The van der Waals surface area contributed by atoms with E-state index in [0.717, 1.165) is 10.0 Å². The van der Waals surface area contributed by atoms with E-state index >= 15 is 0 Å². The number of aliphatic hydroxyl groups excluding tert-OH is 1. The summed E-state index contributed by atoms with van der Waals surface area (Å²) in [6.07, 6.45) is 0. The van der Waals surface area contributed by atoms with E-state index in [0.29, 0.717) is 5.56 Å². The van der Waals surface area contributed by atoms with Crippen molar-refractivity contribution in [2.24, 2.45) is 5.92 Å². The predicted octanol–water partition coefficient (Wildman–Crippen LogP) is 2.50. The lowest BCUT2D eigenvalue weighted by Crippen LogP contribution is -2.41. The van der Waals surface area contributed by atoms with E-state index < -0.39 is 0 Å². The van der Waals surface area contributed by atoms with Crippen LogP contribution in [0.15, 0.2) is 22.7 Å². The number of halogens is 1. The summed E-state index contributed by atoms with van der Waals surface area (Å²) in [4.78, 5) is 11.9. The van der Waals surface area contributed by atoms with Gasteiger partial charge in [-0.2, -0.15) is 0 Å². The van der Waals surface area contributed by atoms with Crippen molar-refractivity contribution in [2.45, 2.75) is 26.8 Å². The number of carbonyl (C=O) groups is 1. The molecule has 2 N–H and O–H groups in total. The number of benzene rings is 1. The molecule has 0 aliphatic rings. The second kappa shape index (κ2) is 6.17. The SMILES string of the molecule is Cc1cc(C(=O)N[C@H](CO)C(C)C)ccc1Br. The zero-order chi connectivity index (χ0) is 13.0. The molecule has 17 heavy (non-hydrogen) atoms. The van der Waals surface area contributed by atoms with Crippen LogP contribution in [0.5, 0.6) is 0 Å². The molecule has 0 saturated heterocycles. The van der Waals surface area contributed by atoms with Gasteiger partial charge >= 0.3 is 0 Å². The minimum absolute atomic E-state index is 0.0427. The number of amides is 1. The normalized spacial score (nSPS) is 12.6. The van der Waals surface area contributed by atoms with E-state index in [1.54, 1.807) is 6.07 Å². The summed E-state index contributed by atoms with van der Waals surface area (Å²) in [6, 6.07) is 5.24. The van der Waals surface area contributed by atoms with Crippen LogP contribution in [0, 0.1) is 12.8 Å². The number of rotatable bonds is 4. The number of hydrogen-bond acceptors (Lipinski definition) is 2. The summed E-state index contributed by atoms with van der Waals surface area (Å²) in [6.45, 7) is 5.83. The molecule has 0 spiro atoms. The molecule has 0 saturated carbocycles. The van der Waals surface area contributed by atoms with Crippen molar-refractivity contribution in [2.75, 3.05) is 6.61 Å². The fraction of sp³-hybridized carbons (Fsp3) is 0.462. The van der Waals surface area contributed by atoms with Crippen molar-refractivity contribution in [1.82, 2.24) is 5.32 Å². The van der Waals surface area contributed by atoms with Gasteiger partial charge in [0.05, 0.1) is 12.6 Å². The molecule has 0 aliphatic carbocycles. The first-order valence-electron chi connectivity index (χ1n) is 5.63. The molecule has 1 atom stereocenters. The van der Waals surface area contributed by atoms with Crippen LogP contribution in [-0.4, -0.2) is 23.7 Å². The standard InChI is InChI=1S/C13H18BrNO2/c1-8(2)12(7-16)15-13(17)10-4-5-11(14)9(3)6-10/h4-6,8,12,16H,7H2,1-3H3,(H,15,17)/t12-/m1/s1. The molecule has 0 aromatic heterocycles. The zero-order valence-electron chi connectivity index (χ0n) is 10.3. The topological polar surface area (TPSA) is 49.3 Å². The highest BCUT2D eigenvalue weighted by Crippen LogP contribution is 2.17. The maximum absolute atomic E-state index is 11.9. The van der Waals surface area contributed by atoms with Crippen molar-refractivity contribution >= 4 is 21.8 Å². The Labute approximate surface area is 110 Å². The highest BCUT2D eigenvalue weighted by atomic mass is 79.9. The Kier molecular flexibility index (Phi) is 5.15. The number of aryl methyl sites for hydroxylation is 1. The molecule has 0 heterocycles. The van der Waals surface area contributed by atoms with E-state index in [9.17, 15) is 4.79 Å². The van der Waals surface area contributed by atoms with Crippen molar-refractivity contribution < 1.29 is 9.90 Å². The Morgan fingerprint density at radius 1 is 1.47 bits per heavy atom. The van der Waals surface area contributed by atoms with Crippen molar-refractivity contribution in [3.63, 3.8) is 0 Å². The zero-order valence-corrected chi connectivity index (χ0v) is 11.9. The lowest BCUT2D eigenvalue weighted by atomic mass is 10.0. The van der Waals surface area contributed by atoms with Crippen LogP contribution in [-0.2, 0) is 0 Å². The smallest absolute Gasteiger partial charge is 0.251 e. The molecule has 1 rings (SSSR count). The Hall–Kier alpha value is -0.870. The van der Waals surface area contributed by atoms with Crippen molar-refractivity contribution in [3.05, 3.63) is 33.8 Å². The number of nitrogens with one attached hydrogen (secondary N) is 1. The first-order chi connectivity index (χ1) is 7.95. The number of aliphatic hydroxyl groups is 1. The molecule has 1 aromatic rings. The number of carbonyl (C=O) groups excluding carboxylic acids is 1. The Bertz CT molecular complexity index is 404. The van der Waals surface area contributed by atoms with Gasteiger partial charge in [-0.3, -0.25) is 4.79 Å². The summed E-state index contributed by atoms with van der Waals surface area (Å²) in [7, 11) is 0. The molecule has 0 unspecified atom stereocenters. The average Bonchev–Trinajstić information content (AvgIpc) is 2.28. The fourth-order valence-electron chi connectivity index (χ4n) is 1.46. The second-order valence-electron chi connectivity index (χ2n) is 4.47. The third-order valence-corrected chi connectivity index (χ3v) is 3.63. The van der Waals surface area contributed by atoms with Gasteiger partial charge < -0.3 is 10.4 Å². The van der Waals surface area contributed by atoms with Crippen LogP contribution in [0.1, 0.15) is 29.8 Å². The quantitative estimate of drug-likeness (QED) is 0.897. The summed E-state index contributed by atoms with van der Waals surface area (Å²) < 4.78 is 0.983. The van der Waals surface area contributed by atoms with Gasteiger partial charge in [-0.25, -0.2) is 0 Å². The van der Waals surface area contributed by atoms with Gasteiger partial charge in [0.15, 0.2) is 0 Å². The van der Waals surface area contributed by atoms with Gasteiger partial charge in [0.25, 0.3) is 5.91 Å². The van der Waals surface area contributed by atoms with Gasteiger partial charge in [0, 0.05) is 10.0 Å². The molecule has 1 aromatic carbocycles. The largest absolute Gasteiger partial charge is 0.394 e. The van der Waals surface area contributed by atoms with Crippen LogP contribution >= 0.6 is 15.9 Å². The Morgan fingerprint density at radius 3 is 2.59 bits per heavy atom. The fourth-order valence-corrected chi connectivity index (χ4v) is 1.71. The predicted molar refractivity (Wildman–Crippen MR) is 72.1 cm³/mol. The third-order valence-electron chi connectivity index (χ3n) is 2.74. The van der Waals surface area contributed by atoms with Gasteiger partial charge in [-0.1, -0.05) is 29.8 Å². The molecule has 94 valence electrons. The maximum atomic E-state index is 11.9. The lowest BCUT2D eigenvalue weighted by Gasteiger charge is -2.20. The molecule has 0 radical (unpaired) electrons. The average molecular weight is 300 g/mol. The van der Waals surface area contributed by atoms with Crippen LogP contribution in [0.25, 0.3) is 0 Å². The van der Waals surface area contributed by atoms with Crippen LogP contribution in [0.4, 0.5) is 0 Å². The first kappa shape index (κ1) is 14.2. The minimum Gasteiger partial charge on any atom is -0.394 e. The van der Waals surface area contributed by atoms with E-state index in [1.807, 2.05) is 32.9 Å². The summed E-state index contributed by atoms with van der Waals surface area (Å²) in [5.41, 5.74) is 1.63. The van der Waals surface area contributed by atoms with E-state index in [4.69, 9.17) is 5.11 Å². The Balaban J connectivity index is 2.79. The molecule has 0 fully saturated rings. The minimum atomic E-state index is -0.202. The van der Waals surface area contributed by atoms with Gasteiger partial charge in [-0.15, -0.1) is 0 Å². The van der Waals surface area contributed by atoms with Gasteiger partial charge in [0.1, 0.15) is 0 Å². The lowest BCUT2D eigenvalue weighted by molar-refractivity contribution is 0.0897. The van der Waals surface area contributed by atoms with Gasteiger partial charge in [0.2, 0.25) is 0 Å². The maximum Gasteiger partial charge on any atom is 0.251 e. The summed E-state index contributed by atoms with van der Waals surface area (Å²) in [5, 5.41) is 12.0. The van der Waals surface area contributed by atoms with E-state index in [2.05, 4.69) is 21.2 Å². The molecular weight excluding hydrogens is 282 g/mol. The molecule has 3 nitrogen and oxygen atoms in total. The second-order valence-corrected chi connectivity index (χ2v) is 5.32. The highest BCUT2D eigenvalue weighted by Gasteiger charge is 2.16. The van der Waals surface area contributed by atoms with E-state index in [-0.39, 0.29) is 24.5 Å².